The van der Waals surface area contributed by atoms with E-state index in [9.17, 15) is 13.2 Å². The van der Waals surface area contributed by atoms with Gasteiger partial charge in [-0.1, -0.05) is 0 Å². The van der Waals surface area contributed by atoms with Gasteiger partial charge >= 0.3 is 6.18 Å². The maximum Gasteiger partial charge on any atom is 0.389 e. The van der Waals surface area contributed by atoms with Crippen LogP contribution in [0.25, 0.3) is 0 Å². The van der Waals surface area contributed by atoms with Crippen LogP contribution in [0, 0.1) is 0 Å². The lowest BCUT2D eigenvalue weighted by Crippen LogP contribution is -2.31. The topological polar surface area (TPSA) is 54.9 Å². The third-order valence-electron chi connectivity index (χ3n) is 3.13. The molecular formula is C16H25F3IN3O2. The summed E-state index contributed by atoms with van der Waals surface area (Å²) in [5, 5.41) is 6.05. The van der Waals surface area contributed by atoms with Crippen LogP contribution in [-0.2, 0) is 0 Å². The molecule has 0 spiro atoms. The first-order valence-electron chi connectivity index (χ1n) is 7.75. The van der Waals surface area contributed by atoms with Gasteiger partial charge in [-0.25, -0.2) is 0 Å². The summed E-state index contributed by atoms with van der Waals surface area (Å²) in [6, 6.07) is 5.35. The zero-order chi connectivity index (χ0) is 18.0. The Morgan fingerprint density at radius 3 is 2.48 bits per heavy atom. The number of ether oxygens (including phenoxy) is 2. The van der Waals surface area contributed by atoms with Crippen LogP contribution >= 0.6 is 24.0 Å². The van der Waals surface area contributed by atoms with E-state index in [1.165, 1.54) is 0 Å². The van der Waals surface area contributed by atoms with Gasteiger partial charge in [-0.2, -0.15) is 13.2 Å². The summed E-state index contributed by atoms with van der Waals surface area (Å²) in [4.78, 5) is 4.05. The Morgan fingerprint density at radius 2 is 1.92 bits per heavy atom. The molecule has 0 atom stereocenters. The quantitative estimate of drug-likeness (QED) is 0.253. The van der Waals surface area contributed by atoms with Gasteiger partial charge < -0.3 is 20.1 Å². The maximum atomic E-state index is 12.1. The van der Waals surface area contributed by atoms with Crippen molar-refractivity contribution in [3.63, 3.8) is 0 Å². The van der Waals surface area contributed by atoms with E-state index < -0.39 is 12.6 Å². The molecule has 144 valence electrons. The van der Waals surface area contributed by atoms with E-state index >= 15 is 0 Å². The molecule has 0 radical (unpaired) electrons. The number of halogens is 4. The Morgan fingerprint density at radius 1 is 1.20 bits per heavy atom. The van der Waals surface area contributed by atoms with Gasteiger partial charge in [0.2, 0.25) is 0 Å². The largest absolute Gasteiger partial charge is 0.493 e. The molecule has 0 unspecified atom stereocenters. The SMILES string of the molecule is CCOc1cc(NC(=NC)NCCCCC(F)(F)F)ccc1OC.I. The van der Waals surface area contributed by atoms with Crippen molar-refractivity contribution in [2.24, 2.45) is 4.99 Å². The number of nitrogens with one attached hydrogen (secondary N) is 2. The number of aliphatic imine (C=N–C) groups is 1. The number of benzene rings is 1. The third kappa shape index (κ3) is 9.61. The molecule has 0 heterocycles. The Balaban J connectivity index is 0.00000576. The van der Waals surface area contributed by atoms with E-state index in [1.807, 2.05) is 6.92 Å². The summed E-state index contributed by atoms with van der Waals surface area (Å²) < 4.78 is 46.9. The second kappa shape index (κ2) is 12.0. The van der Waals surface area contributed by atoms with Crippen molar-refractivity contribution in [3.05, 3.63) is 18.2 Å². The second-order valence-corrected chi connectivity index (χ2v) is 4.99. The van der Waals surface area contributed by atoms with E-state index in [4.69, 9.17) is 9.47 Å². The van der Waals surface area contributed by atoms with Crippen molar-refractivity contribution in [3.8, 4) is 11.5 Å². The number of unbranched alkanes of at least 4 members (excludes halogenated alkanes) is 1. The molecule has 0 aliphatic carbocycles. The van der Waals surface area contributed by atoms with E-state index in [0.717, 1.165) is 5.69 Å². The van der Waals surface area contributed by atoms with E-state index in [2.05, 4.69) is 15.6 Å². The molecule has 1 aromatic rings. The van der Waals surface area contributed by atoms with Gasteiger partial charge in [0.25, 0.3) is 0 Å². The summed E-state index contributed by atoms with van der Waals surface area (Å²) in [6.07, 6.45) is -4.37. The van der Waals surface area contributed by atoms with Crippen molar-refractivity contribution in [1.29, 1.82) is 0 Å². The first kappa shape index (κ1) is 23.6. The minimum atomic E-state index is -4.10. The third-order valence-corrected chi connectivity index (χ3v) is 3.13. The Hall–Kier alpha value is -1.39. The zero-order valence-corrected chi connectivity index (χ0v) is 16.9. The van der Waals surface area contributed by atoms with Crippen LogP contribution in [0.4, 0.5) is 18.9 Å². The fourth-order valence-corrected chi connectivity index (χ4v) is 2.00. The van der Waals surface area contributed by atoms with Crippen molar-refractivity contribution in [1.82, 2.24) is 5.32 Å². The maximum absolute atomic E-state index is 12.1. The molecule has 0 aliphatic rings. The summed E-state index contributed by atoms with van der Waals surface area (Å²) >= 11 is 0. The Bertz CT molecular complexity index is 540. The van der Waals surface area contributed by atoms with Crippen LogP contribution in [0.15, 0.2) is 23.2 Å². The molecule has 5 nitrogen and oxygen atoms in total. The van der Waals surface area contributed by atoms with Gasteiger partial charge in [-0.15, -0.1) is 24.0 Å². The zero-order valence-electron chi connectivity index (χ0n) is 14.6. The molecular weight excluding hydrogens is 450 g/mol. The molecule has 0 saturated carbocycles. The molecule has 1 aromatic carbocycles. The van der Waals surface area contributed by atoms with Gasteiger partial charge in [0.1, 0.15) is 0 Å². The van der Waals surface area contributed by atoms with Crippen LogP contribution in [0.5, 0.6) is 11.5 Å². The first-order chi connectivity index (χ1) is 11.4. The van der Waals surface area contributed by atoms with Crippen LogP contribution in [0.3, 0.4) is 0 Å². The van der Waals surface area contributed by atoms with E-state index in [1.54, 1.807) is 32.4 Å². The predicted molar refractivity (Wildman–Crippen MR) is 104 cm³/mol. The van der Waals surface area contributed by atoms with Gasteiger partial charge in [-0.05, 0) is 31.9 Å². The summed E-state index contributed by atoms with van der Waals surface area (Å²) in [7, 11) is 3.16. The fraction of sp³-hybridized carbons (Fsp3) is 0.562. The van der Waals surface area contributed by atoms with Gasteiger partial charge in [0.15, 0.2) is 17.5 Å². The van der Waals surface area contributed by atoms with Crippen LogP contribution in [-0.4, -0.2) is 39.4 Å². The first-order valence-corrected chi connectivity index (χ1v) is 7.75. The number of rotatable bonds is 8. The number of alkyl halides is 3. The van der Waals surface area contributed by atoms with E-state index in [0.29, 0.717) is 37.0 Å². The number of anilines is 1. The van der Waals surface area contributed by atoms with Crippen molar-refractivity contribution in [2.75, 3.05) is 32.6 Å². The lowest BCUT2D eigenvalue weighted by Gasteiger charge is -2.14. The molecule has 25 heavy (non-hydrogen) atoms. The molecule has 0 aromatic heterocycles. The molecule has 0 aliphatic heterocycles. The Kier molecular flexibility index (Phi) is 11.4. The normalized spacial score (nSPS) is 11.5. The number of methoxy groups -OCH3 is 1. The van der Waals surface area contributed by atoms with Crippen LogP contribution in [0.1, 0.15) is 26.2 Å². The van der Waals surface area contributed by atoms with Crippen LogP contribution in [0.2, 0.25) is 0 Å². The van der Waals surface area contributed by atoms with Gasteiger partial charge in [0, 0.05) is 31.8 Å². The second-order valence-electron chi connectivity index (χ2n) is 4.99. The molecule has 0 amide bonds. The van der Waals surface area contributed by atoms with E-state index in [-0.39, 0.29) is 30.4 Å². The average Bonchev–Trinajstić information content (AvgIpc) is 2.53. The highest BCUT2D eigenvalue weighted by Crippen LogP contribution is 2.30. The average molecular weight is 475 g/mol. The fourth-order valence-electron chi connectivity index (χ4n) is 2.00. The van der Waals surface area contributed by atoms with Gasteiger partial charge in [0.05, 0.1) is 13.7 Å². The minimum absolute atomic E-state index is 0. The molecule has 0 fully saturated rings. The summed E-state index contributed by atoms with van der Waals surface area (Å²) in [6.45, 7) is 2.79. The Labute approximate surface area is 163 Å². The minimum Gasteiger partial charge on any atom is -0.493 e. The summed E-state index contributed by atoms with van der Waals surface area (Å²) in [5.41, 5.74) is 0.739. The number of guanidine groups is 1. The van der Waals surface area contributed by atoms with Crippen molar-refractivity contribution >= 4 is 35.6 Å². The highest BCUT2D eigenvalue weighted by atomic mass is 127. The highest BCUT2D eigenvalue weighted by molar-refractivity contribution is 14.0. The smallest absolute Gasteiger partial charge is 0.389 e. The van der Waals surface area contributed by atoms with Crippen molar-refractivity contribution in [2.45, 2.75) is 32.4 Å². The molecule has 0 bridgehead atoms. The number of hydrogen-bond donors (Lipinski definition) is 2. The molecule has 2 N–H and O–H groups in total. The van der Waals surface area contributed by atoms with Crippen LogP contribution < -0.4 is 20.1 Å². The highest BCUT2D eigenvalue weighted by Gasteiger charge is 2.25. The monoisotopic (exact) mass is 475 g/mol. The molecule has 1 rings (SSSR count). The lowest BCUT2D eigenvalue weighted by molar-refractivity contribution is -0.135. The lowest BCUT2D eigenvalue weighted by atomic mass is 10.2. The standard InChI is InChI=1S/C16H24F3N3O2.HI/c1-4-24-14-11-12(7-8-13(14)23-3)22-15(20-2)21-10-6-5-9-16(17,18)19;/h7-8,11H,4-6,9-10H2,1-3H3,(H2,20,21,22);1H. The molecule has 0 saturated heterocycles. The summed E-state index contributed by atoms with van der Waals surface area (Å²) in [5.74, 6) is 1.71. The number of nitrogens with zero attached hydrogens (tertiary/aromatic N) is 1. The number of hydrogen-bond acceptors (Lipinski definition) is 3. The molecule has 9 heteroatoms. The van der Waals surface area contributed by atoms with Crippen molar-refractivity contribution < 1.29 is 22.6 Å². The predicted octanol–water partition coefficient (Wildman–Crippen LogP) is 4.43. The van der Waals surface area contributed by atoms with Gasteiger partial charge in [-0.3, -0.25) is 4.99 Å².